The highest BCUT2D eigenvalue weighted by Gasteiger charge is 2.12. The average molecular weight is 290 g/mol. The lowest BCUT2D eigenvalue weighted by atomic mass is 9.96. The lowest BCUT2D eigenvalue weighted by molar-refractivity contribution is -0.104. The summed E-state index contributed by atoms with van der Waals surface area (Å²) in [7, 11) is 0. The van der Waals surface area contributed by atoms with Gasteiger partial charge in [0.25, 0.3) is 0 Å². The fraction of sp³-hybridized carbons (Fsp3) is 0.400. The van der Waals surface area contributed by atoms with E-state index in [4.69, 9.17) is 5.73 Å². The van der Waals surface area contributed by atoms with Gasteiger partial charge in [0, 0.05) is 24.5 Å². The van der Waals surface area contributed by atoms with Crippen molar-refractivity contribution < 1.29 is 9.18 Å². The molecule has 0 radical (unpaired) electrons. The molecule has 0 atom stereocenters. The third-order valence-electron chi connectivity index (χ3n) is 3.46. The molecule has 21 heavy (non-hydrogen) atoms. The van der Waals surface area contributed by atoms with Crippen LogP contribution in [-0.2, 0) is 4.79 Å². The van der Waals surface area contributed by atoms with Crippen LogP contribution in [0.15, 0.2) is 35.1 Å². The maximum Gasteiger partial charge on any atom is 0.214 e. The molecule has 0 spiro atoms. The zero-order valence-corrected chi connectivity index (χ0v) is 11.8. The summed E-state index contributed by atoms with van der Waals surface area (Å²) in [5.74, 6) is -0.583. The molecule has 112 valence electrons. The lowest BCUT2D eigenvalue weighted by Crippen LogP contribution is -2.28. The van der Waals surface area contributed by atoms with Crippen molar-refractivity contribution in [1.29, 1.82) is 0 Å². The molecule has 1 aromatic rings. The number of halogens is 1. The van der Waals surface area contributed by atoms with Crippen LogP contribution in [-0.4, -0.2) is 23.1 Å². The first-order valence-electron chi connectivity index (χ1n) is 7.06. The molecule has 6 heteroatoms. The third-order valence-corrected chi connectivity index (χ3v) is 3.46. The molecule has 1 aliphatic rings. The van der Waals surface area contributed by atoms with E-state index in [0.29, 0.717) is 18.0 Å². The van der Waals surface area contributed by atoms with Gasteiger partial charge in [-0.25, -0.2) is 9.98 Å². The Morgan fingerprint density at radius 3 is 2.86 bits per heavy atom. The summed E-state index contributed by atoms with van der Waals surface area (Å²) in [6, 6.07) is 3.05. The second kappa shape index (κ2) is 7.52. The van der Waals surface area contributed by atoms with Crippen LogP contribution in [0.2, 0.25) is 0 Å². The van der Waals surface area contributed by atoms with Crippen LogP contribution in [0.1, 0.15) is 32.1 Å². The third kappa shape index (κ3) is 4.66. The average Bonchev–Trinajstić information content (AvgIpc) is 2.49. The normalized spacial score (nSPS) is 17.6. The largest absolute Gasteiger partial charge is 0.387 e. The van der Waals surface area contributed by atoms with E-state index in [1.54, 1.807) is 6.20 Å². The summed E-state index contributed by atoms with van der Waals surface area (Å²) in [6.45, 7) is 0. The Bertz CT molecular complexity index is 550. The van der Waals surface area contributed by atoms with E-state index in [1.165, 1.54) is 31.5 Å². The van der Waals surface area contributed by atoms with Gasteiger partial charge >= 0.3 is 0 Å². The predicted octanol–water partition coefficient (Wildman–Crippen LogP) is 2.21. The molecule has 3 N–H and O–H groups in total. The van der Waals surface area contributed by atoms with Gasteiger partial charge in [0.15, 0.2) is 6.29 Å². The molecule has 1 heterocycles. The van der Waals surface area contributed by atoms with Gasteiger partial charge in [0.05, 0.1) is 11.3 Å². The molecule has 1 aromatic heterocycles. The van der Waals surface area contributed by atoms with Crippen molar-refractivity contribution in [2.24, 2.45) is 10.7 Å². The van der Waals surface area contributed by atoms with E-state index in [1.807, 2.05) is 0 Å². The Labute approximate surface area is 123 Å². The van der Waals surface area contributed by atoms with Gasteiger partial charge in [-0.2, -0.15) is 4.39 Å². The summed E-state index contributed by atoms with van der Waals surface area (Å²) in [5.41, 5.74) is 6.38. The number of pyridine rings is 1. The molecule has 1 aliphatic carbocycles. The molecule has 0 bridgehead atoms. The highest BCUT2D eigenvalue weighted by molar-refractivity contribution is 6.13. The number of rotatable bonds is 5. The summed E-state index contributed by atoms with van der Waals surface area (Å²) >= 11 is 0. The minimum absolute atomic E-state index is 0.0545. The number of aliphatic imine (C=N–C) groups is 1. The molecule has 0 aromatic carbocycles. The van der Waals surface area contributed by atoms with Crippen molar-refractivity contribution in [2.75, 3.05) is 0 Å². The van der Waals surface area contributed by atoms with Gasteiger partial charge in [-0.1, -0.05) is 19.3 Å². The van der Waals surface area contributed by atoms with Crippen LogP contribution in [0.4, 0.5) is 10.1 Å². The van der Waals surface area contributed by atoms with E-state index < -0.39 is 5.95 Å². The van der Waals surface area contributed by atoms with E-state index in [9.17, 15) is 9.18 Å². The van der Waals surface area contributed by atoms with Gasteiger partial charge in [-0.05, 0) is 18.9 Å². The smallest absolute Gasteiger partial charge is 0.214 e. The molecule has 0 unspecified atom stereocenters. The summed E-state index contributed by atoms with van der Waals surface area (Å²) in [4.78, 5) is 18.6. The summed E-state index contributed by atoms with van der Waals surface area (Å²) < 4.78 is 13.0. The van der Waals surface area contributed by atoms with Gasteiger partial charge in [-0.15, -0.1) is 0 Å². The number of carbonyl (C=O) groups excluding carboxylic acids is 1. The number of nitrogens with two attached hydrogens (primary N) is 1. The van der Waals surface area contributed by atoms with Crippen molar-refractivity contribution in [2.45, 2.75) is 38.1 Å². The van der Waals surface area contributed by atoms with E-state index in [-0.39, 0.29) is 11.4 Å². The number of carbonyl (C=O) groups is 1. The van der Waals surface area contributed by atoms with Crippen LogP contribution in [0.3, 0.4) is 0 Å². The highest BCUT2D eigenvalue weighted by Crippen LogP contribution is 2.17. The predicted molar refractivity (Wildman–Crippen MR) is 79.6 cm³/mol. The van der Waals surface area contributed by atoms with Crippen LogP contribution < -0.4 is 11.1 Å². The molecule has 5 nitrogen and oxygen atoms in total. The first-order valence-corrected chi connectivity index (χ1v) is 7.06. The number of aldehydes is 1. The standard InChI is InChI=1S/C15H19FN4O/c16-14-8-13(6-7-18-14)20-15(17)11(10-21)9-19-12-4-2-1-3-5-12/h6-10,12,19H,1-5H2,(H2,17,18,20)/b11-9-. The van der Waals surface area contributed by atoms with E-state index >= 15 is 0 Å². The second-order valence-corrected chi connectivity index (χ2v) is 5.05. The van der Waals surface area contributed by atoms with Crippen LogP contribution >= 0.6 is 0 Å². The number of hydrogen-bond acceptors (Lipinski definition) is 4. The first-order chi connectivity index (χ1) is 10.2. The fourth-order valence-corrected chi connectivity index (χ4v) is 2.31. The minimum atomic E-state index is -0.638. The Kier molecular flexibility index (Phi) is 5.43. The number of nitrogens with zero attached hydrogens (tertiary/aromatic N) is 2. The van der Waals surface area contributed by atoms with Crippen molar-refractivity contribution >= 4 is 17.8 Å². The Hall–Kier alpha value is -2.24. The summed E-state index contributed by atoms with van der Waals surface area (Å²) in [6.07, 6.45) is 9.38. The van der Waals surface area contributed by atoms with Crippen LogP contribution in [0, 0.1) is 5.95 Å². The Balaban J connectivity index is 2.06. The molecule has 1 saturated carbocycles. The van der Waals surface area contributed by atoms with Crippen molar-refractivity contribution in [3.63, 3.8) is 0 Å². The monoisotopic (exact) mass is 290 g/mol. The highest BCUT2D eigenvalue weighted by atomic mass is 19.1. The second-order valence-electron chi connectivity index (χ2n) is 5.05. The first kappa shape index (κ1) is 15.2. The lowest BCUT2D eigenvalue weighted by Gasteiger charge is -2.22. The molecule has 2 rings (SSSR count). The number of hydrogen-bond donors (Lipinski definition) is 2. The van der Waals surface area contributed by atoms with Crippen molar-refractivity contribution in [3.8, 4) is 0 Å². The number of amidine groups is 1. The van der Waals surface area contributed by atoms with Crippen LogP contribution in [0.25, 0.3) is 0 Å². The van der Waals surface area contributed by atoms with Gasteiger partial charge in [0.1, 0.15) is 5.84 Å². The van der Waals surface area contributed by atoms with E-state index in [0.717, 1.165) is 18.9 Å². The van der Waals surface area contributed by atoms with E-state index in [2.05, 4.69) is 15.3 Å². The molecular weight excluding hydrogens is 271 g/mol. The Morgan fingerprint density at radius 2 is 2.19 bits per heavy atom. The number of nitrogens with one attached hydrogen (secondary N) is 1. The molecule has 1 fully saturated rings. The Morgan fingerprint density at radius 1 is 1.43 bits per heavy atom. The maximum absolute atomic E-state index is 13.0. The zero-order chi connectivity index (χ0) is 15.1. The zero-order valence-electron chi connectivity index (χ0n) is 11.8. The van der Waals surface area contributed by atoms with Gasteiger partial charge in [0.2, 0.25) is 5.95 Å². The van der Waals surface area contributed by atoms with Crippen molar-refractivity contribution in [1.82, 2.24) is 10.3 Å². The van der Waals surface area contributed by atoms with Gasteiger partial charge < -0.3 is 11.1 Å². The fourth-order valence-electron chi connectivity index (χ4n) is 2.31. The van der Waals surface area contributed by atoms with Gasteiger partial charge in [-0.3, -0.25) is 4.79 Å². The summed E-state index contributed by atoms with van der Waals surface area (Å²) in [5, 5.41) is 3.21. The number of aromatic nitrogens is 1. The maximum atomic E-state index is 13.0. The quantitative estimate of drug-likeness (QED) is 0.286. The van der Waals surface area contributed by atoms with Crippen molar-refractivity contribution in [3.05, 3.63) is 36.1 Å². The molecule has 0 saturated heterocycles. The minimum Gasteiger partial charge on any atom is -0.387 e. The molecule has 0 aliphatic heterocycles. The molecule has 0 amide bonds. The van der Waals surface area contributed by atoms with Crippen LogP contribution in [0.5, 0.6) is 0 Å². The molecular formula is C15H19FN4O. The SMILES string of the molecule is NC(=Nc1ccnc(F)c1)/C(C=O)=C\NC1CCCCC1. The topological polar surface area (TPSA) is 80.4 Å².